The number of hydrogen-bond acceptors (Lipinski definition) is 5. The number of pyridine rings is 1. The predicted molar refractivity (Wildman–Crippen MR) is 108 cm³/mol. The second-order valence-corrected chi connectivity index (χ2v) is 6.94. The van der Waals surface area contributed by atoms with Crippen LogP contribution in [-0.2, 0) is 6.54 Å². The first-order valence-corrected chi connectivity index (χ1v) is 9.10. The summed E-state index contributed by atoms with van der Waals surface area (Å²) in [6.07, 6.45) is 1.81. The molecule has 0 saturated carbocycles. The number of halogens is 1. The zero-order valence-corrected chi connectivity index (χ0v) is 16.9. The van der Waals surface area contributed by atoms with Crippen LogP contribution in [0.3, 0.4) is 0 Å². The van der Waals surface area contributed by atoms with Crippen LogP contribution in [0.5, 0.6) is 11.5 Å². The highest BCUT2D eigenvalue weighted by Gasteiger charge is 2.15. The van der Waals surface area contributed by atoms with Crippen LogP contribution in [0.4, 0.5) is 5.82 Å². The maximum absolute atomic E-state index is 5.46. The first-order chi connectivity index (χ1) is 12.0. The summed E-state index contributed by atoms with van der Waals surface area (Å²) < 4.78 is 13.7. The molecule has 2 heterocycles. The van der Waals surface area contributed by atoms with E-state index in [0.717, 1.165) is 37.5 Å². The number of anilines is 1. The van der Waals surface area contributed by atoms with E-state index in [-0.39, 0.29) is 0 Å². The zero-order valence-electron chi connectivity index (χ0n) is 14.7. The van der Waals surface area contributed by atoms with Gasteiger partial charge in [0, 0.05) is 30.4 Å². The molecule has 0 bridgehead atoms. The fourth-order valence-electron chi connectivity index (χ4n) is 2.75. The minimum absolute atomic E-state index is 0.294. The number of benzene rings is 1. The van der Waals surface area contributed by atoms with Gasteiger partial charge in [-0.15, -0.1) is 0 Å². The number of nitrogens with zero attached hydrogens (tertiary/aromatic N) is 3. The molecular formula is C18H21IN4O2. The van der Waals surface area contributed by atoms with E-state index in [2.05, 4.69) is 51.8 Å². The summed E-state index contributed by atoms with van der Waals surface area (Å²) in [7, 11) is 3.30. The molecule has 0 aliphatic heterocycles. The Balaban J connectivity index is 1.92. The van der Waals surface area contributed by atoms with Crippen LogP contribution in [0, 0.1) is 3.70 Å². The minimum Gasteiger partial charge on any atom is -0.497 e. The van der Waals surface area contributed by atoms with Crippen LogP contribution < -0.4 is 14.8 Å². The van der Waals surface area contributed by atoms with Crippen molar-refractivity contribution in [2.45, 2.75) is 26.4 Å². The summed E-state index contributed by atoms with van der Waals surface area (Å²) in [5, 5.41) is 9.11. The Bertz CT molecular complexity index is 892. The van der Waals surface area contributed by atoms with Gasteiger partial charge in [0.25, 0.3) is 0 Å². The molecule has 1 N–H and O–H groups in total. The first kappa shape index (κ1) is 17.8. The van der Waals surface area contributed by atoms with Gasteiger partial charge in [0.1, 0.15) is 21.0 Å². The van der Waals surface area contributed by atoms with Gasteiger partial charge in [-0.2, -0.15) is 5.10 Å². The maximum atomic E-state index is 5.46. The second kappa shape index (κ2) is 7.47. The van der Waals surface area contributed by atoms with Crippen LogP contribution in [0.2, 0.25) is 0 Å². The van der Waals surface area contributed by atoms with Crippen molar-refractivity contribution in [1.29, 1.82) is 0 Å². The Labute approximate surface area is 160 Å². The molecule has 0 radical (unpaired) electrons. The van der Waals surface area contributed by atoms with Crippen LogP contribution >= 0.6 is 22.6 Å². The zero-order chi connectivity index (χ0) is 18.0. The van der Waals surface area contributed by atoms with Crippen molar-refractivity contribution in [3.8, 4) is 11.5 Å². The van der Waals surface area contributed by atoms with Gasteiger partial charge in [-0.05, 0) is 54.6 Å². The lowest BCUT2D eigenvalue weighted by Crippen LogP contribution is -2.05. The van der Waals surface area contributed by atoms with Gasteiger partial charge in [0.15, 0.2) is 0 Å². The number of aromatic nitrogens is 3. The number of methoxy groups -OCH3 is 2. The van der Waals surface area contributed by atoms with Crippen molar-refractivity contribution in [2.75, 3.05) is 19.5 Å². The van der Waals surface area contributed by atoms with Crippen LogP contribution in [0.25, 0.3) is 10.9 Å². The topological polar surface area (TPSA) is 61.2 Å². The Morgan fingerprint density at radius 2 is 2.00 bits per heavy atom. The summed E-state index contributed by atoms with van der Waals surface area (Å²) in [6, 6.07) is 8.10. The molecule has 132 valence electrons. The molecule has 6 nitrogen and oxygen atoms in total. The van der Waals surface area contributed by atoms with Gasteiger partial charge in [0.05, 0.1) is 25.1 Å². The van der Waals surface area contributed by atoms with Crippen molar-refractivity contribution >= 4 is 39.3 Å². The van der Waals surface area contributed by atoms with Gasteiger partial charge >= 0.3 is 0 Å². The third kappa shape index (κ3) is 3.51. The highest BCUT2D eigenvalue weighted by atomic mass is 127. The smallest absolute Gasteiger partial charge is 0.138 e. The van der Waals surface area contributed by atoms with Gasteiger partial charge in [-0.1, -0.05) is 0 Å². The Morgan fingerprint density at radius 3 is 2.68 bits per heavy atom. The summed E-state index contributed by atoms with van der Waals surface area (Å²) in [4.78, 5) is 4.51. The lowest BCUT2D eigenvalue weighted by Gasteiger charge is -2.12. The van der Waals surface area contributed by atoms with E-state index in [1.165, 1.54) is 0 Å². The number of nitrogens with one attached hydrogen (secondary N) is 1. The van der Waals surface area contributed by atoms with Crippen molar-refractivity contribution in [1.82, 2.24) is 14.8 Å². The lowest BCUT2D eigenvalue weighted by molar-refractivity contribution is 0.391. The van der Waals surface area contributed by atoms with Gasteiger partial charge in [-0.3, -0.25) is 4.68 Å². The molecule has 25 heavy (non-hydrogen) atoms. The van der Waals surface area contributed by atoms with Gasteiger partial charge in [0.2, 0.25) is 0 Å². The monoisotopic (exact) mass is 452 g/mol. The lowest BCUT2D eigenvalue weighted by atomic mass is 10.2. The van der Waals surface area contributed by atoms with Crippen molar-refractivity contribution in [3.05, 3.63) is 39.7 Å². The minimum atomic E-state index is 0.294. The van der Waals surface area contributed by atoms with E-state index in [1.54, 1.807) is 14.2 Å². The van der Waals surface area contributed by atoms with Crippen LogP contribution in [0.15, 0.2) is 30.5 Å². The summed E-state index contributed by atoms with van der Waals surface area (Å²) in [5.74, 6) is 2.38. The predicted octanol–water partition coefficient (Wildman–Crippen LogP) is 4.25. The average molecular weight is 452 g/mol. The van der Waals surface area contributed by atoms with Crippen molar-refractivity contribution in [2.24, 2.45) is 0 Å². The summed E-state index contributed by atoms with van der Waals surface area (Å²) >= 11 is 2.26. The van der Waals surface area contributed by atoms with E-state index in [0.29, 0.717) is 12.6 Å². The third-order valence-electron chi connectivity index (χ3n) is 4.01. The maximum Gasteiger partial charge on any atom is 0.138 e. The molecular weight excluding hydrogens is 431 g/mol. The molecule has 0 unspecified atom stereocenters. The first-order valence-electron chi connectivity index (χ1n) is 8.02. The molecule has 1 aromatic carbocycles. The van der Waals surface area contributed by atoms with E-state index in [1.807, 2.05) is 35.1 Å². The van der Waals surface area contributed by atoms with E-state index in [9.17, 15) is 0 Å². The van der Waals surface area contributed by atoms with Crippen molar-refractivity contribution in [3.63, 3.8) is 0 Å². The standard InChI is InChI=1S/C18H21IN4O2/c1-11(2)23-14-7-8-20-18(16(14)17(19)22-23)21-10-12-5-6-13(24-3)9-15(12)25-4/h5-9,11H,10H2,1-4H3,(H,20,21). The fourth-order valence-corrected chi connectivity index (χ4v) is 3.51. The number of ether oxygens (including phenoxy) is 2. The number of hydrogen-bond donors (Lipinski definition) is 1. The third-order valence-corrected chi connectivity index (χ3v) is 4.76. The molecule has 0 amide bonds. The van der Waals surface area contributed by atoms with E-state index < -0.39 is 0 Å². The second-order valence-electron chi connectivity index (χ2n) is 5.91. The quantitative estimate of drug-likeness (QED) is 0.567. The molecule has 2 aromatic heterocycles. The molecule has 0 fully saturated rings. The largest absolute Gasteiger partial charge is 0.497 e. The summed E-state index contributed by atoms with van der Waals surface area (Å²) in [6.45, 7) is 4.85. The highest BCUT2D eigenvalue weighted by molar-refractivity contribution is 14.1. The molecule has 0 atom stereocenters. The molecule has 7 heteroatoms. The molecule has 0 saturated heterocycles. The van der Waals surface area contributed by atoms with Gasteiger partial charge in [-0.25, -0.2) is 4.98 Å². The molecule has 3 rings (SSSR count). The SMILES string of the molecule is COc1ccc(CNc2nccc3c2c(I)nn3C(C)C)c(OC)c1. The van der Waals surface area contributed by atoms with Crippen LogP contribution in [-0.4, -0.2) is 29.0 Å². The van der Waals surface area contributed by atoms with E-state index >= 15 is 0 Å². The molecule has 0 aliphatic carbocycles. The Morgan fingerprint density at radius 1 is 1.20 bits per heavy atom. The fraction of sp³-hybridized carbons (Fsp3) is 0.333. The number of fused-ring (bicyclic) bond motifs is 1. The molecule has 0 aliphatic rings. The average Bonchev–Trinajstić information content (AvgIpc) is 2.97. The highest BCUT2D eigenvalue weighted by Crippen LogP contribution is 2.30. The Hall–Kier alpha value is -2.03. The molecule has 0 spiro atoms. The van der Waals surface area contributed by atoms with Gasteiger partial charge < -0.3 is 14.8 Å². The van der Waals surface area contributed by atoms with Crippen LogP contribution in [0.1, 0.15) is 25.5 Å². The van der Waals surface area contributed by atoms with E-state index in [4.69, 9.17) is 9.47 Å². The normalized spacial score (nSPS) is 11.1. The van der Waals surface area contributed by atoms with Crippen molar-refractivity contribution < 1.29 is 9.47 Å². The summed E-state index contributed by atoms with van der Waals surface area (Å²) in [5.41, 5.74) is 2.12. The molecule has 3 aromatic rings. The Kier molecular flexibility index (Phi) is 5.31. The number of rotatable bonds is 6.